The van der Waals surface area contributed by atoms with Crippen LogP contribution in [0.2, 0.25) is 0 Å². The molecule has 0 saturated carbocycles. The normalized spacial score (nSPS) is 14.4. The Morgan fingerprint density at radius 2 is 2.25 bits per heavy atom. The van der Waals surface area contributed by atoms with E-state index in [9.17, 15) is 8.42 Å². The van der Waals surface area contributed by atoms with Gasteiger partial charge in [-0.2, -0.15) is 12.6 Å². The third-order valence-corrected chi connectivity index (χ3v) is 1.20. The van der Waals surface area contributed by atoms with E-state index in [0.29, 0.717) is 0 Å². The van der Waals surface area contributed by atoms with Crippen molar-refractivity contribution in [2.24, 2.45) is 5.73 Å². The summed E-state index contributed by atoms with van der Waals surface area (Å²) in [6.07, 6.45) is -0.806. The van der Waals surface area contributed by atoms with Crippen LogP contribution < -0.4 is 5.73 Å². The van der Waals surface area contributed by atoms with Crippen molar-refractivity contribution in [3.63, 3.8) is 0 Å². The molecule has 0 aliphatic carbocycles. The van der Waals surface area contributed by atoms with E-state index in [2.05, 4.69) is 16.8 Å². The second-order valence-corrected chi connectivity index (χ2v) is 2.07. The van der Waals surface area contributed by atoms with Gasteiger partial charge in [0.2, 0.25) is 0 Å². The summed E-state index contributed by atoms with van der Waals surface area (Å²) in [5.41, 5.74) is 4.99. The van der Waals surface area contributed by atoms with Crippen LogP contribution >= 0.6 is 12.6 Å². The van der Waals surface area contributed by atoms with Gasteiger partial charge in [-0.1, -0.05) is 0 Å². The van der Waals surface area contributed by atoms with Crippen LogP contribution in [0.25, 0.3) is 0 Å². The molecule has 0 radical (unpaired) electrons. The van der Waals surface area contributed by atoms with Crippen LogP contribution in [0.3, 0.4) is 0 Å². The van der Waals surface area contributed by atoms with E-state index in [-0.39, 0.29) is 5.75 Å². The Hall–Kier alpha value is 0.220. The minimum atomic E-state index is -2.82. The molecule has 8 heavy (non-hydrogen) atoms. The Bertz CT molecular complexity index is 114. The lowest BCUT2D eigenvalue weighted by Crippen LogP contribution is -2.24. The number of nitrogens with two attached hydrogens (primary N) is 1. The van der Waals surface area contributed by atoms with Crippen molar-refractivity contribution in [2.75, 3.05) is 5.75 Å². The van der Waals surface area contributed by atoms with Crippen molar-refractivity contribution in [2.45, 2.75) is 6.23 Å². The maximum atomic E-state index is 9.67. The lowest BCUT2D eigenvalue weighted by molar-refractivity contribution is 0.253. The van der Waals surface area contributed by atoms with Crippen molar-refractivity contribution in [1.29, 1.82) is 0 Å². The van der Waals surface area contributed by atoms with Crippen molar-refractivity contribution >= 4 is 23.6 Å². The first-order valence-electron chi connectivity index (χ1n) is 1.84. The largest absolute Gasteiger partial charge is 0.304 e. The van der Waals surface area contributed by atoms with Crippen LogP contribution in [0.5, 0.6) is 0 Å². The molecule has 0 aromatic heterocycles. The van der Waals surface area contributed by atoms with E-state index in [4.69, 9.17) is 5.73 Å². The zero-order chi connectivity index (χ0) is 6.57. The SMILES string of the molecule is N[C@@H](CS)O[SH](=O)=O. The maximum Gasteiger partial charge on any atom is 0.258 e. The highest BCUT2D eigenvalue weighted by Gasteiger charge is 1.97. The molecular formula is C2H7NO3S2. The Morgan fingerprint density at radius 3 is 2.38 bits per heavy atom. The Labute approximate surface area is 54.6 Å². The number of rotatable bonds is 3. The summed E-state index contributed by atoms with van der Waals surface area (Å²) in [5.74, 6) is 0.198. The molecule has 0 spiro atoms. The highest BCUT2D eigenvalue weighted by atomic mass is 32.2. The third kappa shape index (κ3) is 4.38. The highest BCUT2D eigenvalue weighted by molar-refractivity contribution is 7.80. The van der Waals surface area contributed by atoms with Crippen LogP contribution in [0, 0.1) is 0 Å². The number of hydrogen-bond acceptors (Lipinski definition) is 5. The predicted molar refractivity (Wildman–Crippen MR) is 33.2 cm³/mol. The first-order chi connectivity index (χ1) is 3.66. The second-order valence-electron chi connectivity index (χ2n) is 1.05. The van der Waals surface area contributed by atoms with Gasteiger partial charge < -0.3 is 5.73 Å². The Kier molecular flexibility index (Phi) is 4.25. The fourth-order valence-corrected chi connectivity index (χ4v) is 0.632. The molecule has 0 heterocycles. The van der Waals surface area contributed by atoms with Gasteiger partial charge in [0.1, 0.15) is 6.23 Å². The molecule has 0 bridgehead atoms. The monoisotopic (exact) mass is 157 g/mol. The third-order valence-electron chi connectivity index (χ3n) is 0.401. The molecule has 50 valence electrons. The molecule has 2 N–H and O–H groups in total. The predicted octanol–water partition coefficient (Wildman–Crippen LogP) is -1.26. The Morgan fingerprint density at radius 1 is 1.75 bits per heavy atom. The van der Waals surface area contributed by atoms with Gasteiger partial charge >= 0.3 is 0 Å². The topological polar surface area (TPSA) is 69.4 Å². The van der Waals surface area contributed by atoms with Gasteiger partial charge in [-0.3, -0.25) is 4.18 Å². The molecule has 0 aromatic carbocycles. The molecular weight excluding hydrogens is 150 g/mol. The van der Waals surface area contributed by atoms with Gasteiger partial charge in [0.25, 0.3) is 11.0 Å². The molecule has 0 saturated heterocycles. The number of thiol groups is 2. The van der Waals surface area contributed by atoms with E-state index in [0.717, 1.165) is 0 Å². The van der Waals surface area contributed by atoms with Crippen LogP contribution in [0.15, 0.2) is 0 Å². The summed E-state index contributed by atoms with van der Waals surface area (Å²) in [6.45, 7) is 0. The second kappa shape index (κ2) is 4.13. The quantitative estimate of drug-likeness (QED) is 0.353. The highest BCUT2D eigenvalue weighted by Crippen LogP contribution is 1.84. The molecule has 0 fully saturated rings. The van der Waals surface area contributed by atoms with Crippen LogP contribution in [0.1, 0.15) is 0 Å². The van der Waals surface area contributed by atoms with E-state index < -0.39 is 17.2 Å². The number of hydrogen-bond donors (Lipinski definition) is 3. The molecule has 0 rings (SSSR count). The standard InChI is InChI=1S/C2H7NO3S2/c3-2(1-7)6-8(4)5/h2,7-8H,1,3H2/t2-/m1/s1. The zero-order valence-electron chi connectivity index (χ0n) is 3.98. The maximum absolute atomic E-state index is 9.67. The zero-order valence-corrected chi connectivity index (χ0v) is 5.77. The Balaban J connectivity index is 3.39. The molecule has 0 amide bonds. The molecule has 0 unspecified atom stereocenters. The van der Waals surface area contributed by atoms with Crippen LogP contribution in [0.4, 0.5) is 0 Å². The molecule has 0 aromatic rings. The van der Waals surface area contributed by atoms with Gasteiger partial charge in [0, 0.05) is 5.75 Å². The van der Waals surface area contributed by atoms with Crippen molar-refractivity contribution in [1.82, 2.24) is 0 Å². The van der Waals surface area contributed by atoms with Gasteiger partial charge in [-0.25, -0.2) is 8.42 Å². The molecule has 6 heteroatoms. The fraction of sp³-hybridized carbons (Fsp3) is 1.00. The van der Waals surface area contributed by atoms with Gasteiger partial charge in [-0.05, 0) is 0 Å². The van der Waals surface area contributed by atoms with E-state index >= 15 is 0 Å². The van der Waals surface area contributed by atoms with E-state index in [1.165, 1.54) is 0 Å². The summed E-state index contributed by atoms with van der Waals surface area (Å²) in [6, 6.07) is 0. The van der Waals surface area contributed by atoms with Crippen molar-refractivity contribution < 1.29 is 12.6 Å². The van der Waals surface area contributed by atoms with Gasteiger partial charge in [-0.15, -0.1) is 0 Å². The first kappa shape index (κ1) is 8.22. The summed E-state index contributed by atoms with van der Waals surface area (Å²) < 4.78 is 23.4. The summed E-state index contributed by atoms with van der Waals surface area (Å²) >= 11 is 3.67. The molecule has 0 aliphatic heterocycles. The lowest BCUT2D eigenvalue weighted by atomic mass is 10.7. The molecule has 0 aliphatic rings. The summed E-state index contributed by atoms with van der Waals surface area (Å²) in [4.78, 5) is 0. The smallest absolute Gasteiger partial charge is 0.258 e. The van der Waals surface area contributed by atoms with E-state index in [1.807, 2.05) is 0 Å². The minimum absolute atomic E-state index is 0.198. The fourth-order valence-electron chi connectivity index (χ4n) is 0.144. The average molecular weight is 157 g/mol. The lowest BCUT2D eigenvalue weighted by Gasteiger charge is -2.00. The minimum Gasteiger partial charge on any atom is -0.304 e. The van der Waals surface area contributed by atoms with Crippen LogP contribution in [-0.2, 0) is 15.2 Å². The summed E-state index contributed by atoms with van der Waals surface area (Å²) in [5, 5.41) is 0. The van der Waals surface area contributed by atoms with Crippen molar-refractivity contribution in [3.8, 4) is 0 Å². The van der Waals surface area contributed by atoms with E-state index in [1.54, 1.807) is 0 Å². The van der Waals surface area contributed by atoms with Gasteiger partial charge in [0.05, 0.1) is 0 Å². The molecule has 1 atom stereocenters. The van der Waals surface area contributed by atoms with Crippen LogP contribution in [-0.4, -0.2) is 20.4 Å². The van der Waals surface area contributed by atoms with Gasteiger partial charge in [0.15, 0.2) is 0 Å². The average Bonchev–Trinajstić information content (AvgIpc) is 1.65. The summed E-state index contributed by atoms with van der Waals surface area (Å²) in [7, 11) is -2.82. The van der Waals surface area contributed by atoms with Crippen molar-refractivity contribution in [3.05, 3.63) is 0 Å². The first-order valence-corrected chi connectivity index (χ1v) is 3.57. The molecule has 4 nitrogen and oxygen atoms in total.